The number of nitrogens with two attached hydrogens (primary N) is 1. The van der Waals surface area contributed by atoms with Crippen LogP contribution in [-0.2, 0) is 6.54 Å². The SMILES string of the molecule is CN(Cc1ncc[nH]1)C(=O)c1cc(N)cn1C1CC1. The Morgan fingerprint density at radius 1 is 1.63 bits per heavy atom. The van der Waals surface area contributed by atoms with Gasteiger partial charge < -0.3 is 20.2 Å². The number of hydrogen-bond donors (Lipinski definition) is 2. The summed E-state index contributed by atoms with van der Waals surface area (Å²) in [7, 11) is 1.77. The van der Waals surface area contributed by atoms with Crippen molar-refractivity contribution in [1.82, 2.24) is 19.4 Å². The first-order valence-corrected chi connectivity index (χ1v) is 6.36. The molecular weight excluding hydrogens is 242 g/mol. The molecule has 3 rings (SSSR count). The average Bonchev–Trinajstić information content (AvgIpc) is 2.97. The second-order valence-electron chi connectivity index (χ2n) is 4.99. The maximum atomic E-state index is 12.4. The van der Waals surface area contributed by atoms with Crippen molar-refractivity contribution in [2.24, 2.45) is 0 Å². The molecule has 0 atom stereocenters. The molecule has 2 aromatic heterocycles. The van der Waals surface area contributed by atoms with E-state index in [0.717, 1.165) is 18.7 Å². The van der Waals surface area contributed by atoms with E-state index in [1.54, 1.807) is 30.4 Å². The summed E-state index contributed by atoms with van der Waals surface area (Å²) in [6.45, 7) is 0.460. The molecule has 6 heteroatoms. The van der Waals surface area contributed by atoms with E-state index in [2.05, 4.69) is 9.97 Å². The molecule has 19 heavy (non-hydrogen) atoms. The smallest absolute Gasteiger partial charge is 0.270 e. The fraction of sp³-hybridized carbons (Fsp3) is 0.385. The number of imidazole rings is 1. The highest BCUT2D eigenvalue weighted by atomic mass is 16.2. The van der Waals surface area contributed by atoms with Crippen LogP contribution in [0, 0.1) is 0 Å². The monoisotopic (exact) mass is 259 g/mol. The highest BCUT2D eigenvalue weighted by Gasteiger charge is 2.28. The van der Waals surface area contributed by atoms with Crippen LogP contribution in [0.25, 0.3) is 0 Å². The number of H-pyrrole nitrogens is 1. The van der Waals surface area contributed by atoms with Gasteiger partial charge in [0, 0.05) is 31.7 Å². The number of rotatable bonds is 4. The second kappa shape index (κ2) is 4.46. The fourth-order valence-corrected chi connectivity index (χ4v) is 2.20. The maximum absolute atomic E-state index is 12.4. The van der Waals surface area contributed by atoms with E-state index in [1.807, 2.05) is 10.8 Å². The van der Waals surface area contributed by atoms with Gasteiger partial charge in [-0.15, -0.1) is 0 Å². The van der Waals surface area contributed by atoms with Gasteiger partial charge in [-0.3, -0.25) is 4.79 Å². The predicted octanol–water partition coefficient (Wildman–Crippen LogP) is 1.40. The van der Waals surface area contributed by atoms with Gasteiger partial charge in [0.1, 0.15) is 11.5 Å². The lowest BCUT2D eigenvalue weighted by atomic mass is 10.3. The van der Waals surface area contributed by atoms with Crippen LogP contribution in [0.2, 0.25) is 0 Å². The van der Waals surface area contributed by atoms with Gasteiger partial charge >= 0.3 is 0 Å². The van der Waals surface area contributed by atoms with Crippen LogP contribution in [0.3, 0.4) is 0 Å². The largest absolute Gasteiger partial charge is 0.397 e. The minimum atomic E-state index is -0.0278. The topological polar surface area (TPSA) is 79.9 Å². The summed E-state index contributed by atoms with van der Waals surface area (Å²) >= 11 is 0. The number of carbonyl (C=O) groups is 1. The summed E-state index contributed by atoms with van der Waals surface area (Å²) in [5.41, 5.74) is 7.11. The van der Waals surface area contributed by atoms with Crippen molar-refractivity contribution in [3.63, 3.8) is 0 Å². The van der Waals surface area contributed by atoms with Gasteiger partial charge in [0.15, 0.2) is 0 Å². The first kappa shape index (κ1) is 11.8. The van der Waals surface area contributed by atoms with Gasteiger partial charge in [-0.1, -0.05) is 0 Å². The highest BCUT2D eigenvalue weighted by molar-refractivity contribution is 5.93. The van der Waals surface area contributed by atoms with Gasteiger partial charge in [-0.05, 0) is 18.9 Å². The number of nitrogen functional groups attached to an aromatic ring is 1. The van der Waals surface area contributed by atoms with E-state index in [0.29, 0.717) is 24.0 Å². The number of aromatic amines is 1. The molecule has 0 aliphatic heterocycles. The van der Waals surface area contributed by atoms with E-state index in [-0.39, 0.29) is 5.91 Å². The van der Waals surface area contributed by atoms with Crippen LogP contribution in [0.4, 0.5) is 5.69 Å². The van der Waals surface area contributed by atoms with Crippen LogP contribution in [-0.4, -0.2) is 32.4 Å². The Hall–Kier alpha value is -2.24. The third kappa shape index (κ3) is 2.33. The molecule has 1 saturated carbocycles. The summed E-state index contributed by atoms with van der Waals surface area (Å²) in [5.74, 6) is 0.744. The number of hydrogen-bond acceptors (Lipinski definition) is 3. The van der Waals surface area contributed by atoms with Gasteiger partial charge in [-0.2, -0.15) is 0 Å². The van der Waals surface area contributed by atoms with Crippen LogP contribution in [0.1, 0.15) is 35.2 Å². The molecule has 0 saturated heterocycles. The molecule has 2 aromatic rings. The lowest BCUT2D eigenvalue weighted by Gasteiger charge is -2.17. The average molecular weight is 259 g/mol. The molecule has 0 unspecified atom stereocenters. The number of nitrogens with zero attached hydrogens (tertiary/aromatic N) is 3. The van der Waals surface area contributed by atoms with Crippen LogP contribution >= 0.6 is 0 Å². The second-order valence-corrected chi connectivity index (χ2v) is 4.99. The van der Waals surface area contributed by atoms with Crippen molar-refractivity contribution in [2.45, 2.75) is 25.4 Å². The quantitative estimate of drug-likeness (QED) is 0.871. The molecule has 0 aromatic carbocycles. The van der Waals surface area contributed by atoms with Crippen molar-refractivity contribution < 1.29 is 4.79 Å². The van der Waals surface area contributed by atoms with Crippen molar-refractivity contribution in [2.75, 3.05) is 12.8 Å². The Bertz CT molecular complexity index is 582. The Balaban J connectivity index is 1.79. The van der Waals surface area contributed by atoms with Crippen molar-refractivity contribution in [3.05, 3.63) is 36.2 Å². The molecule has 0 radical (unpaired) electrons. The Kier molecular flexibility index (Phi) is 2.77. The molecule has 3 N–H and O–H groups in total. The summed E-state index contributed by atoms with van der Waals surface area (Å²) in [6, 6.07) is 2.19. The van der Waals surface area contributed by atoms with E-state index in [1.165, 1.54) is 0 Å². The minimum Gasteiger partial charge on any atom is -0.397 e. The molecule has 100 valence electrons. The fourth-order valence-electron chi connectivity index (χ4n) is 2.20. The standard InChI is InChI=1S/C13H17N5O/c1-17(8-12-15-4-5-16-12)13(19)11-6-9(14)7-18(11)10-2-3-10/h4-7,10H,2-3,8,14H2,1H3,(H,15,16). The van der Waals surface area contributed by atoms with E-state index in [9.17, 15) is 4.79 Å². The molecule has 0 bridgehead atoms. The lowest BCUT2D eigenvalue weighted by molar-refractivity contribution is 0.0771. The number of anilines is 1. The summed E-state index contributed by atoms with van der Waals surface area (Å²) in [6.07, 6.45) is 7.52. The number of amides is 1. The van der Waals surface area contributed by atoms with E-state index >= 15 is 0 Å². The van der Waals surface area contributed by atoms with Crippen LogP contribution in [0.5, 0.6) is 0 Å². The zero-order valence-corrected chi connectivity index (χ0v) is 10.8. The normalized spacial score (nSPS) is 14.6. The molecule has 0 spiro atoms. The number of carbonyl (C=O) groups excluding carboxylic acids is 1. The first-order valence-electron chi connectivity index (χ1n) is 6.36. The first-order chi connectivity index (χ1) is 9.15. The van der Waals surface area contributed by atoms with Gasteiger partial charge in [0.25, 0.3) is 5.91 Å². The zero-order chi connectivity index (χ0) is 13.4. The molecular formula is C13H17N5O. The van der Waals surface area contributed by atoms with Gasteiger partial charge in [0.2, 0.25) is 0 Å². The summed E-state index contributed by atoms with van der Waals surface area (Å²) < 4.78 is 2.00. The van der Waals surface area contributed by atoms with E-state index < -0.39 is 0 Å². The maximum Gasteiger partial charge on any atom is 0.270 e. The van der Waals surface area contributed by atoms with Gasteiger partial charge in [-0.25, -0.2) is 4.98 Å². The Labute approximate surface area is 111 Å². The number of nitrogens with one attached hydrogen (secondary N) is 1. The van der Waals surface area contributed by atoms with Crippen molar-refractivity contribution in [1.29, 1.82) is 0 Å². The zero-order valence-electron chi connectivity index (χ0n) is 10.8. The Morgan fingerprint density at radius 2 is 2.42 bits per heavy atom. The third-order valence-electron chi connectivity index (χ3n) is 3.32. The van der Waals surface area contributed by atoms with Crippen molar-refractivity contribution >= 4 is 11.6 Å². The minimum absolute atomic E-state index is 0.0278. The van der Waals surface area contributed by atoms with Crippen LogP contribution < -0.4 is 5.73 Å². The summed E-state index contributed by atoms with van der Waals surface area (Å²) in [5, 5.41) is 0. The molecule has 1 fully saturated rings. The van der Waals surface area contributed by atoms with E-state index in [4.69, 9.17) is 5.73 Å². The lowest BCUT2D eigenvalue weighted by Crippen LogP contribution is -2.28. The van der Waals surface area contributed by atoms with Crippen molar-refractivity contribution in [3.8, 4) is 0 Å². The molecule has 1 aliphatic rings. The van der Waals surface area contributed by atoms with Crippen LogP contribution in [0.15, 0.2) is 24.7 Å². The molecule has 1 aliphatic carbocycles. The summed E-state index contributed by atoms with van der Waals surface area (Å²) in [4.78, 5) is 21.2. The predicted molar refractivity (Wildman–Crippen MR) is 71.5 cm³/mol. The number of aromatic nitrogens is 3. The molecule has 6 nitrogen and oxygen atoms in total. The Morgan fingerprint density at radius 3 is 3.05 bits per heavy atom. The van der Waals surface area contributed by atoms with Gasteiger partial charge in [0.05, 0.1) is 12.2 Å². The third-order valence-corrected chi connectivity index (χ3v) is 3.32. The highest BCUT2D eigenvalue weighted by Crippen LogP contribution is 2.37. The molecule has 2 heterocycles. The molecule has 1 amide bonds.